The third-order valence-corrected chi connectivity index (χ3v) is 9.20. The van der Waals surface area contributed by atoms with Crippen molar-refractivity contribution in [3.63, 3.8) is 0 Å². The van der Waals surface area contributed by atoms with Crippen molar-refractivity contribution < 1.29 is 14.3 Å². The Morgan fingerprint density at radius 1 is 0.935 bits per heavy atom. The summed E-state index contributed by atoms with van der Waals surface area (Å²) in [6.07, 6.45) is 11.2. The Labute approximate surface area is 271 Å². The van der Waals surface area contributed by atoms with Crippen molar-refractivity contribution in [2.75, 3.05) is 40.4 Å². The van der Waals surface area contributed by atoms with Crippen LogP contribution in [0.25, 0.3) is 21.9 Å². The standard InChI is InChI=1S/C38H43N5O3/c1-40(21-22-46-2)38(45)36-27-41(26-35(36)34-14-8-12-31-11-6-7-13-33(31)34)25-32-23-39-28-43(32)24-30-17-19-42(20-18-30)37(44)16-15-29-9-4-3-5-10-29/h3-14,23,26-28,30H,15-22,24-25H2,1-2H3. The number of aromatic nitrogens is 3. The molecule has 3 aromatic carbocycles. The maximum atomic E-state index is 13.7. The zero-order valence-corrected chi connectivity index (χ0v) is 26.8. The molecule has 1 aliphatic heterocycles. The van der Waals surface area contributed by atoms with E-state index in [4.69, 9.17) is 4.74 Å². The Morgan fingerprint density at radius 2 is 1.70 bits per heavy atom. The highest BCUT2D eigenvalue weighted by Gasteiger charge is 2.24. The lowest BCUT2D eigenvalue weighted by Gasteiger charge is -2.32. The number of carbonyl (C=O) groups excluding carboxylic acids is 2. The van der Waals surface area contributed by atoms with Crippen LogP contribution in [0.5, 0.6) is 0 Å². The van der Waals surface area contributed by atoms with Gasteiger partial charge in [0.1, 0.15) is 0 Å². The molecule has 2 aromatic heterocycles. The number of rotatable bonds is 12. The number of methoxy groups -OCH3 is 1. The van der Waals surface area contributed by atoms with E-state index >= 15 is 0 Å². The summed E-state index contributed by atoms with van der Waals surface area (Å²) in [6, 6.07) is 24.8. The molecule has 0 saturated carbocycles. The number of benzene rings is 3. The van der Waals surface area contributed by atoms with Crippen LogP contribution in [-0.4, -0.2) is 76.1 Å². The fraction of sp³-hybridized carbons (Fsp3) is 0.342. The van der Waals surface area contributed by atoms with Gasteiger partial charge in [-0.3, -0.25) is 9.59 Å². The number of imidazole rings is 1. The van der Waals surface area contributed by atoms with E-state index in [0.29, 0.717) is 37.6 Å². The lowest BCUT2D eigenvalue weighted by Crippen LogP contribution is -2.39. The maximum Gasteiger partial charge on any atom is 0.255 e. The van der Waals surface area contributed by atoms with Crippen molar-refractivity contribution in [1.29, 1.82) is 0 Å². The van der Waals surface area contributed by atoms with E-state index in [9.17, 15) is 9.59 Å². The summed E-state index contributed by atoms with van der Waals surface area (Å²) >= 11 is 0. The van der Waals surface area contributed by atoms with Gasteiger partial charge in [0.15, 0.2) is 0 Å². The second-order valence-electron chi connectivity index (χ2n) is 12.4. The van der Waals surface area contributed by atoms with E-state index in [-0.39, 0.29) is 11.8 Å². The quantitative estimate of drug-likeness (QED) is 0.169. The van der Waals surface area contributed by atoms with Gasteiger partial charge in [-0.15, -0.1) is 0 Å². The Hall–Kier alpha value is -4.69. The summed E-state index contributed by atoms with van der Waals surface area (Å²) < 4.78 is 9.58. The molecular weight excluding hydrogens is 574 g/mol. The molecule has 1 aliphatic rings. The molecular formula is C38H43N5O3. The number of amides is 2. The second-order valence-corrected chi connectivity index (χ2v) is 12.4. The first kappa shape index (κ1) is 31.3. The van der Waals surface area contributed by atoms with Gasteiger partial charge in [-0.25, -0.2) is 4.98 Å². The highest BCUT2D eigenvalue weighted by atomic mass is 16.5. The summed E-state index contributed by atoms with van der Waals surface area (Å²) in [6.45, 7) is 4.06. The number of piperidine rings is 1. The largest absolute Gasteiger partial charge is 0.383 e. The molecule has 3 heterocycles. The van der Waals surface area contributed by atoms with Gasteiger partial charge >= 0.3 is 0 Å². The van der Waals surface area contributed by atoms with E-state index in [0.717, 1.165) is 66.5 Å². The number of aryl methyl sites for hydroxylation is 1. The van der Waals surface area contributed by atoms with Crippen LogP contribution in [0.1, 0.15) is 40.9 Å². The predicted octanol–water partition coefficient (Wildman–Crippen LogP) is 6.14. The highest BCUT2D eigenvalue weighted by molar-refractivity contribution is 6.06. The average molecular weight is 618 g/mol. The first-order chi connectivity index (χ1) is 22.5. The van der Waals surface area contributed by atoms with Crippen LogP contribution in [0.15, 0.2) is 97.7 Å². The molecule has 6 rings (SSSR count). The molecule has 0 atom stereocenters. The second kappa shape index (κ2) is 14.6. The summed E-state index contributed by atoms with van der Waals surface area (Å²) in [5.41, 5.74) is 4.93. The molecule has 46 heavy (non-hydrogen) atoms. The van der Waals surface area contributed by atoms with Crippen LogP contribution in [0.2, 0.25) is 0 Å². The van der Waals surface area contributed by atoms with E-state index in [1.54, 1.807) is 12.0 Å². The number of carbonyl (C=O) groups is 2. The van der Waals surface area contributed by atoms with Crippen molar-refractivity contribution in [3.8, 4) is 11.1 Å². The monoisotopic (exact) mass is 617 g/mol. The first-order valence-electron chi connectivity index (χ1n) is 16.2. The molecule has 1 fully saturated rings. The van der Waals surface area contributed by atoms with Crippen LogP contribution in [0.3, 0.4) is 0 Å². The van der Waals surface area contributed by atoms with Gasteiger partial charge in [0.25, 0.3) is 5.91 Å². The molecule has 0 radical (unpaired) electrons. The molecule has 0 N–H and O–H groups in total. The van der Waals surface area contributed by atoms with Crippen molar-refractivity contribution in [2.24, 2.45) is 5.92 Å². The van der Waals surface area contributed by atoms with Gasteiger partial charge in [0, 0.05) is 70.9 Å². The molecule has 0 spiro atoms. The van der Waals surface area contributed by atoms with E-state index in [1.807, 2.05) is 61.0 Å². The van der Waals surface area contributed by atoms with Gasteiger partial charge < -0.3 is 23.7 Å². The van der Waals surface area contributed by atoms with Crippen molar-refractivity contribution in [3.05, 3.63) is 115 Å². The number of hydrogen-bond donors (Lipinski definition) is 0. The minimum atomic E-state index is -0.0303. The van der Waals surface area contributed by atoms with E-state index in [2.05, 4.69) is 62.8 Å². The van der Waals surface area contributed by atoms with Gasteiger partial charge in [-0.2, -0.15) is 0 Å². The van der Waals surface area contributed by atoms with E-state index < -0.39 is 0 Å². The molecule has 5 aromatic rings. The third-order valence-electron chi connectivity index (χ3n) is 9.20. The minimum absolute atomic E-state index is 0.0303. The van der Waals surface area contributed by atoms with Gasteiger partial charge in [0.2, 0.25) is 5.91 Å². The molecule has 8 heteroatoms. The topological polar surface area (TPSA) is 72.6 Å². The molecule has 8 nitrogen and oxygen atoms in total. The van der Waals surface area contributed by atoms with Crippen LogP contribution >= 0.6 is 0 Å². The third kappa shape index (κ3) is 7.23. The SMILES string of the molecule is COCCN(C)C(=O)c1cn(Cc2cncn2CC2CCN(C(=O)CCc3ccccc3)CC2)cc1-c1cccc2ccccc12. The molecule has 1 saturated heterocycles. The highest BCUT2D eigenvalue weighted by Crippen LogP contribution is 2.33. The summed E-state index contributed by atoms with van der Waals surface area (Å²) in [7, 11) is 3.47. The van der Waals surface area contributed by atoms with Gasteiger partial charge in [0.05, 0.1) is 30.7 Å². The van der Waals surface area contributed by atoms with E-state index in [1.165, 1.54) is 5.56 Å². The zero-order valence-electron chi connectivity index (χ0n) is 26.8. The number of likely N-dealkylation sites (tertiary alicyclic amines) is 1. The first-order valence-corrected chi connectivity index (χ1v) is 16.2. The summed E-state index contributed by atoms with van der Waals surface area (Å²) in [4.78, 5) is 34.9. The van der Waals surface area contributed by atoms with Crippen molar-refractivity contribution in [2.45, 2.75) is 38.8 Å². The van der Waals surface area contributed by atoms with Gasteiger partial charge in [-0.05, 0) is 47.1 Å². The number of fused-ring (bicyclic) bond motifs is 1. The normalized spacial score (nSPS) is 13.7. The maximum absolute atomic E-state index is 13.7. The Morgan fingerprint density at radius 3 is 2.50 bits per heavy atom. The molecule has 0 unspecified atom stereocenters. The molecule has 238 valence electrons. The number of hydrogen-bond acceptors (Lipinski definition) is 4. The number of likely N-dealkylation sites (N-methyl/N-ethyl adjacent to an activating group) is 1. The fourth-order valence-electron chi connectivity index (χ4n) is 6.51. The lowest BCUT2D eigenvalue weighted by molar-refractivity contribution is -0.132. The lowest BCUT2D eigenvalue weighted by atomic mass is 9.96. The smallest absolute Gasteiger partial charge is 0.255 e. The van der Waals surface area contributed by atoms with Crippen molar-refractivity contribution in [1.82, 2.24) is 23.9 Å². The fourth-order valence-corrected chi connectivity index (χ4v) is 6.51. The van der Waals surface area contributed by atoms with Crippen LogP contribution in [0.4, 0.5) is 0 Å². The Kier molecular flexibility index (Phi) is 9.94. The Balaban J connectivity index is 1.15. The number of nitrogens with zero attached hydrogens (tertiary/aromatic N) is 5. The summed E-state index contributed by atoms with van der Waals surface area (Å²) in [5, 5.41) is 2.26. The summed E-state index contributed by atoms with van der Waals surface area (Å²) in [5.74, 6) is 0.698. The average Bonchev–Trinajstić information content (AvgIpc) is 3.72. The van der Waals surface area contributed by atoms with Crippen LogP contribution < -0.4 is 0 Å². The molecule has 2 amide bonds. The number of ether oxygens (including phenoxy) is 1. The molecule has 0 bridgehead atoms. The molecule has 0 aliphatic carbocycles. The minimum Gasteiger partial charge on any atom is -0.383 e. The van der Waals surface area contributed by atoms with Crippen LogP contribution in [-0.2, 0) is 29.0 Å². The predicted molar refractivity (Wildman–Crippen MR) is 182 cm³/mol. The zero-order chi connectivity index (χ0) is 31.9. The Bertz CT molecular complexity index is 1760. The van der Waals surface area contributed by atoms with Gasteiger partial charge in [-0.1, -0.05) is 72.8 Å². The van der Waals surface area contributed by atoms with Crippen LogP contribution in [0, 0.1) is 5.92 Å². The van der Waals surface area contributed by atoms with Crippen molar-refractivity contribution >= 4 is 22.6 Å².